The van der Waals surface area contributed by atoms with Gasteiger partial charge in [-0.25, -0.2) is 4.79 Å². The summed E-state index contributed by atoms with van der Waals surface area (Å²) in [4.78, 5) is 25.4. The highest BCUT2D eigenvalue weighted by atomic mass is 16.5. The second-order valence-corrected chi connectivity index (χ2v) is 5.72. The van der Waals surface area contributed by atoms with E-state index >= 15 is 0 Å². The van der Waals surface area contributed by atoms with Gasteiger partial charge in [-0.2, -0.15) is 0 Å². The number of ether oxygens (including phenoxy) is 1. The van der Waals surface area contributed by atoms with Gasteiger partial charge in [0.1, 0.15) is 0 Å². The Bertz CT molecular complexity index is 334. The van der Waals surface area contributed by atoms with E-state index in [0.29, 0.717) is 32.0 Å². The Kier molecular flexibility index (Phi) is 6.78. The van der Waals surface area contributed by atoms with Gasteiger partial charge in [0.05, 0.1) is 12.6 Å². The maximum atomic E-state index is 12.2. The molecule has 1 aliphatic heterocycles. The van der Waals surface area contributed by atoms with Crippen LogP contribution in [0.2, 0.25) is 0 Å². The zero-order valence-electron chi connectivity index (χ0n) is 12.7. The minimum Gasteiger partial charge on any atom is -0.450 e. The number of hydrogen-bond donors (Lipinski definition) is 2. The largest absolute Gasteiger partial charge is 0.450 e. The molecule has 3 N–H and O–H groups in total. The lowest BCUT2D eigenvalue weighted by atomic mass is 10.0. The van der Waals surface area contributed by atoms with Gasteiger partial charge < -0.3 is 20.7 Å². The van der Waals surface area contributed by atoms with Gasteiger partial charge in [-0.1, -0.05) is 13.8 Å². The predicted molar refractivity (Wildman–Crippen MR) is 77.2 cm³/mol. The molecule has 0 saturated carbocycles. The molecule has 1 heterocycles. The van der Waals surface area contributed by atoms with Crippen molar-refractivity contribution in [2.75, 3.05) is 19.7 Å². The molecule has 0 aromatic carbocycles. The van der Waals surface area contributed by atoms with Crippen LogP contribution < -0.4 is 11.1 Å². The summed E-state index contributed by atoms with van der Waals surface area (Å²) in [5.74, 6) is 0.376. The van der Waals surface area contributed by atoms with Crippen LogP contribution in [0.1, 0.15) is 40.0 Å². The lowest BCUT2D eigenvalue weighted by Gasteiger charge is -2.34. The molecule has 116 valence electrons. The van der Waals surface area contributed by atoms with Gasteiger partial charge in [-0.15, -0.1) is 0 Å². The molecule has 0 bridgehead atoms. The number of nitrogens with one attached hydrogen (secondary N) is 1. The van der Waals surface area contributed by atoms with Gasteiger partial charge in [0.2, 0.25) is 5.91 Å². The molecule has 1 aliphatic rings. The Morgan fingerprint density at radius 2 is 2.15 bits per heavy atom. The van der Waals surface area contributed by atoms with E-state index in [1.165, 1.54) is 0 Å². The number of carbonyl (C=O) groups is 2. The van der Waals surface area contributed by atoms with Crippen LogP contribution in [0, 0.1) is 5.92 Å². The van der Waals surface area contributed by atoms with Crippen molar-refractivity contribution in [1.29, 1.82) is 0 Å². The van der Waals surface area contributed by atoms with Gasteiger partial charge in [-0.3, -0.25) is 4.79 Å². The first kappa shape index (κ1) is 16.8. The molecule has 0 radical (unpaired) electrons. The summed E-state index contributed by atoms with van der Waals surface area (Å²) in [6, 6.07) is -0.491. The van der Waals surface area contributed by atoms with E-state index in [9.17, 15) is 9.59 Å². The number of nitrogens with zero attached hydrogens (tertiary/aromatic N) is 1. The number of likely N-dealkylation sites (tertiary alicyclic amines) is 1. The van der Waals surface area contributed by atoms with Crippen LogP contribution in [-0.2, 0) is 9.53 Å². The van der Waals surface area contributed by atoms with Crippen molar-refractivity contribution in [3.63, 3.8) is 0 Å². The highest BCUT2D eigenvalue weighted by Gasteiger charge is 2.28. The normalized spacial score (nSPS) is 20.6. The van der Waals surface area contributed by atoms with Crippen molar-refractivity contribution >= 4 is 12.0 Å². The van der Waals surface area contributed by atoms with Crippen molar-refractivity contribution in [2.24, 2.45) is 11.7 Å². The van der Waals surface area contributed by atoms with E-state index in [1.807, 2.05) is 0 Å². The number of nitrogens with two attached hydrogens (primary N) is 1. The van der Waals surface area contributed by atoms with E-state index in [0.717, 1.165) is 12.8 Å². The second-order valence-electron chi connectivity index (χ2n) is 5.72. The molecule has 20 heavy (non-hydrogen) atoms. The second kappa shape index (κ2) is 8.09. The lowest BCUT2D eigenvalue weighted by molar-refractivity contribution is -0.134. The van der Waals surface area contributed by atoms with Crippen LogP contribution in [-0.4, -0.2) is 48.7 Å². The van der Waals surface area contributed by atoms with Crippen molar-refractivity contribution in [2.45, 2.75) is 52.1 Å². The van der Waals surface area contributed by atoms with E-state index in [1.54, 1.807) is 11.8 Å². The maximum absolute atomic E-state index is 12.2. The average Bonchev–Trinajstić information content (AvgIpc) is 2.37. The molecule has 1 fully saturated rings. The Balaban J connectivity index is 2.47. The summed E-state index contributed by atoms with van der Waals surface area (Å²) in [6.07, 6.45) is 2.00. The molecule has 6 heteroatoms. The fourth-order valence-corrected chi connectivity index (χ4v) is 2.48. The number of rotatable bonds is 5. The van der Waals surface area contributed by atoms with Crippen molar-refractivity contribution in [3.8, 4) is 0 Å². The molecule has 0 spiro atoms. The fourth-order valence-electron chi connectivity index (χ4n) is 2.48. The van der Waals surface area contributed by atoms with Crippen LogP contribution >= 0.6 is 0 Å². The molecular formula is C14H27N3O3. The van der Waals surface area contributed by atoms with E-state index in [4.69, 9.17) is 10.5 Å². The number of amides is 2. The van der Waals surface area contributed by atoms with Crippen molar-refractivity contribution in [3.05, 3.63) is 0 Å². The van der Waals surface area contributed by atoms with Crippen LogP contribution in [0.3, 0.4) is 0 Å². The monoisotopic (exact) mass is 285 g/mol. The highest BCUT2D eigenvalue weighted by molar-refractivity contribution is 5.81. The first-order chi connectivity index (χ1) is 9.43. The molecule has 0 aromatic rings. The smallest absolute Gasteiger partial charge is 0.407 e. The minimum absolute atomic E-state index is 0.0194. The van der Waals surface area contributed by atoms with Gasteiger partial charge >= 0.3 is 6.09 Å². The molecule has 2 amide bonds. The first-order valence-electron chi connectivity index (χ1n) is 7.41. The molecule has 0 aliphatic carbocycles. The SMILES string of the molecule is CCOC(=O)NC1CCCN(C(=O)[C@@H](N)CC(C)C)C1. The van der Waals surface area contributed by atoms with Crippen molar-refractivity contribution in [1.82, 2.24) is 10.2 Å². The average molecular weight is 285 g/mol. The van der Waals surface area contributed by atoms with Crippen LogP contribution in [0.5, 0.6) is 0 Å². The van der Waals surface area contributed by atoms with Crippen LogP contribution in [0.15, 0.2) is 0 Å². The molecular weight excluding hydrogens is 258 g/mol. The molecule has 1 saturated heterocycles. The van der Waals surface area contributed by atoms with Crippen LogP contribution in [0.25, 0.3) is 0 Å². The number of alkyl carbamates (subject to hydrolysis) is 1. The quantitative estimate of drug-likeness (QED) is 0.792. The zero-order valence-corrected chi connectivity index (χ0v) is 12.7. The van der Waals surface area contributed by atoms with E-state index in [-0.39, 0.29) is 11.9 Å². The van der Waals surface area contributed by atoms with Gasteiger partial charge in [-0.05, 0) is 32.1 Å². The fraction of sp³-hybridized carbons (Fsp3) is 0.857. The summed E-state index contributed by atoms with van der Waals surface area (Å²) in [6.45, 7) is 7.44. The lowest BCUT2D eigenvalue weighted by Crippen LogP contribution is -2.53. The molecule has 2 atom stereocenters. The zero-order chi connectivity index (χ0) is 15.1. The van der Waals surface area contributed by atoms with Gasteiger partial charge in [0, 0.05) is 19.1 Å². The standard InChI is InChI=1S/C14H27N3O3/c1-4-20-14(19)16-11-6-5-7-17(9-11)13(18)12(15)8-10(2)3/h10-12H,4-9,15H2,1-3H3,(H,16,19)/t11?,12-/m0/s1. The Labute approximate surface area is 121 Å². The third-order valence-electron chi connectivity index (χ3n) is 3.37. The predicted octanol–water partition coefficient (Wildman–Crippen LogP) is 1.10. The third-order valence-corrected chi connectivity index (χ3v) is 3.37. The number of hydrogen-bond acceptors (Lipinski definition) is 4. The molecule has 1 unspecified atom stereocenters. The summed E-state index contributed by atoms with van der Waals surface area (Å²) in [5.41, 5.74) is 5.94. The minimum atomic E-state index is -0.448. The van der Waals surface area contributed by atoms with Crippen molar-refractivity contribution < 1.29 is 14.3 Å². The topological polar surface area (TPSA) is 84.7 Å². The van der Waals surface area contributed by atoms with Crippen LogP contribution in [0.4, 0.5) is 4.79 Å². The first-order valence-corrected chi connectivity index (χ1v) is 7.41. The maximum Gasteiger partial charge on any atom is 0.407 e. The summed E-state index contributed by atoms with van der Waals surface area (Å²) in [7, 11) is 0. The third kappa shape index (κ3) is 5.36. The van der Waals surface area contributed by atoms with Gasteiger partial charge in [0.25, 0.3) is 0 Å². The van der Waals surface area contributed by atoms with E-state index < -0.39 is 12.1 Å². The van der Waals surface area contributed by atoms with Gasteiger partial charge in [0.15, 0.2) is 0 Å². The Hall–Kier alpha value is -1.30. The summed E-state index contributed by atoms with van der Waals surface area (Å²) >= 11 is 0. The Morgan fingerprint density at radius 1 is 1.45 bits per heavy atom. The molecule has 6 nitrogen and oxygen atoms in total. The molecule has 1 rings (SSSR count). The summed E-state index contributed by atoms with van der Waals surface area (Å²) < 4.78 is 4.86. The molecule has 0 aromatic heterocycles. The van der Waals surface area contributed by atoms with E-state index in [2.05, 4.69) is 19.2 Å². The number of piperidine rings is 1. The highest BCUT2D eigenvalue weighted by Crippen LogP contribution is 2.13. The summed E-state index contributed by atoms with van der Waals surface area (Å²) in [5, 5.41) is 2.79. The Morgan fingerprint density at radius 3 is 2.75 bits per heavy atom. The number of carbonyl (C=O) groups excluding carboxylic acids is 2.